The standard InChI is InChI=1S/C15H23N3O/c1-11-3-5-13(6-4-11)10-18-8-7-12(2)17-15(19)14(18)9-16/h3-6,12,14H,7-10,16H2,1-2H3,(H,17,19). The number of amides is 1. The number of carbonyl (C=O) groups excluding carboxylic acids is 1. The molecule has 104 valence electrons. The highest BCUT2D eigenvalue weighted by atomic mass is 16.2. The van der Waals surface area contributed by atoms with Crippen LogP contribution in [-0.4, -0.2) is 36.0 Å². The summed E-state index contributed by atoms with van der Waals surface area (Å²) in [7, 11) is 0. The van der Waals surface area contributed by atoms with E-state index in [-0.39, 0.29) is 18.0 Å². The van der Waals surface area contributed by atoms with E-state index in [4.69, 9.17) is 5.73 Å². The molecule has 4 nitrogen and oxygen atoms in total. The van der Waals surface area contributed by atoms with Gasteiger partial charge in [-0.2, -0.15) is 0 Å². The summed E-state index contributed by atoms with van der Waals surface area (Å²) in [5.74, 6) is 0.0552. The van der Waals surface area contributed by atoms with Gasteiger partial charge in [-0.3, -0.25) is 9.69 Å². The first-order valence-corrected chi connectivity index (χ1v) is 6.90. The zero-order valence-electron chi connectivity index (χ0n) is 11.7. The number of hydrogen-bond acceptors (Lipinski definition) is 3. The van der Waals surface area contributed by atoms with E-state index in [0.29, 0.717) is 6.54 Å². The van der Waals surface area contributed by atoms with Crippen LogP contribution in [0.15, 0.2) is 24.3 Å². The van der Waals surface area contributed by atoms with Crippen LogP contribution in [0.3, 0.4) is 0 Å². The number of benzene rings is 1. The summed E-state index contributed by atoms with van der Waals surface area (Å²) in [4.78, 5) is 14.3. The van der Waals surface area contributed by atoms with E-state index in [1.807, 2.05) is 6.92 Å². The molecule has 0 bridgehead atoms. The van der Waals surface area contributed by atoms with Crippen molar-refractivity contribution in [2.45, 2.75) is 38.9 Å². The number of rotatable bonds is 3. The normalized spacial score (nSPS) is 24.9. The largest absolute Gasteiger partial charge is 0.352 e. The lowest BCUT2D eigenvalue weighted by molar-refractivity contribution is -0.125. The smallest absolute Gasteiger partial charge is 0.238 e. The van der Waals surface area contributed by atoms with Crippen LogP contribution in [0.5, 0.6) is 0 Å². The number of aryl methyl sites for hydroxylation is 1. The summed E-state index contributed by atoms with van der Waals surface area (Å²) in [5.41, 5.74) is 8.25. The summed E-state index contributed by atoms with van der Waals surface area (Å²) in [5, 5.41) is 3.01. The van der Waals surface area contributed by atoms with E-state index in [9.17, 15) is 4.79 Å². The molecule has 2 rings (SSSR count). The van der Waals surface area contributed by atoms with Gasteiger partial charge in [0.05, 0.1) is 0 Å². The first kappa shape index (κ1) is 14.0. The molecule has 2 atom stereocenters. The Morgan fingerprint density at radius 1 is 1.37 bits per heavy atom. The molecule has 0 aromatic heterocycles. The first-order valence-electron chi connectivity index (χ1n) is 6.90. The van der Waals surface area contributed by atoms with Crippen LogP contribution in [0.1, 0.15) is 24.5 Å². The first-order chi connectivity index (χ1) is 9.10. The Kier molecular flexibility index (Phi) is 4.56. The fourth-order valence-corrected chi connectivity index (χ4v) is 2.47. The van der Waals surface area contributed by atoms with E-state index < -0.39 is 0 Å². The minimum atomic E-state index is -0.216. The molecule has 1 aromatic carbocycles. The van der Waals surface area contributed by atoms with E-state index in [2.05, 4.69) is 41.4 Å². The molecule has 19 heavy (non-hydrogen) atoms. The monoisotopic (exact) mass is 261 g/mol. The SMILES string of the molecule is Cc1ccc(CN2CCC(C)NC(=O)C2CN)cc1. The van der Waals surface area contributed by atoms with Gasteiger partial charge in [-0.25, -0.2) is 0 Å². The predicted octanol–water partition coefficient (Wildman–Crippen LogP) is 1.03. The van der Waals surface area contributed by atoms with E-state index >= 15 is 0 Å². The molecule has 1 aliphatic heterocycles. The van der Waals surface area contributed by atoms with Gasteiger partial charge in [0.15, 0.2) is 0 Å². The maximum absolute atomic E-state index is 12.1. The lowest BCUT2D eigenvalue weighted by atomic mass is 10.1. The summed E-state index contributed by atoms with van der Waals surface area (Å²) >= 11 is 0. The van der Waals surface area contributed by atoms with Crippen molar-refractivity contribution in [2.75, 3.05) is 13.1 Å². The van der Waals surface area contributed by atoms with Gasteiger partial charge in [-0.15, -0.1) is 0 Å². The Balaban J connectivity index is 2.11. The second-order valence-electron chi connectivity index (χ2n) is 5.41. The Hall–Kier alpha value is -1.39. The molecule has 3 N–H and O–H groups in total. The van der Waals surface area contributed by atoms with Crippen molar-refractivity contribution in [3.8, 4) is 0 Å². The quantitative estimate of drug-likeness (QED) is 0.854. The van der Waals surface area contributed by atoms with Crippen LogP contribution in [0.25, 0.3) is 0 Å². The minimum Gasteiger partial charge on any atom is -0.352 e. The van der Waals surface area contributed by atoms with Crippen molar-refractivity contribution < 1.29 is 4.79 Å². The lowest BCUT2D eigenvalue weighted by Crippen LogP contribution is -2.49. The van der Waals surface area contributed by atoms with Crippen molar-refractivity contribution in [3.05, 3.63) is 35.4 Å². The highest BCUT2D eigenvalue weighted by molar-refractivity contribution is 5.82. The van der Waals surface area contributed by atoms with Crippen molar-refractivity contribution in [3.63, 3.8) is 0 Å². The summed E-state index contributed by atoms with van der Waals surface area (Å²) < 4.78 is 0. The molecule has 1 heterocycles. The zero-order chi connectivity index (χ0) is 13.8. The lowest BCUT2D eigenvalue weighted by Gasteiger charge is -2.27. The Bertz CT molecular complexity index is 430. The average Bonchev–Trinajstić information content (AvgIpc) is 2.51. The van der Waals surface area contributed by atoms with Gasteiger partial charge in [0.2, 0.25) is 5.91 Å². The van der Waals surface area contributed by atoms with Crippen LogP contribution < -0.4 is 11.1 Å². The van der Waals surface area contributed by atoms with Crippen LogP contribution in [-0.2, 0) is 11.3 Å². The summed E-state index contributed by atoms with van der Waals surface area (Å²) in [6.07, 6.45) is 0.966. The molecule has 1 amide bonds. The molecule has 0 aliphatic carbocycles. The van der Waals surface area contributed by atoms with Crippen LogP contribution in [0.4, 0.5) is 0 Å². The van der Waals surface area contributed by atoms with Gasteiger partial charge in [0.25, 0.3) is 0 Å². The third-order valence-electron chi connectivity index (χ3n) is 3.71. The maximum atomic E-state index is 12.1. The number of nitrogens with zero attached hydrogens (tertiary/aromatic N) is 1. The number of nitrogens with one attached hydrogen (secondary N) is 1. The van der Waals surface area contributed by atoms with Crippen LogP contribution >= 0.6 is 0 Å². The summed E-state index contributed by atoms with van der Waals surface area (Å²) in [6.45, 7) is 6.16. The molecule has 0 saturated carbocycles. The molecule has 1 saturated heterocycles. The van der Waals surface area contributed by atoms with E-state index in [1.165, 1.54) is 11.1 Å². The number of hydrogen-bond donors (Lipinski definition) is 2. The van der Waals surface area contributed by atoms with Crippen LogP contribution in [0, 0.1) is 6.92 Å². The van der Waals surface area contributed by atoms with Gasteiger partial charge in [0, 0.05) is 25.7 Å². The molecule has 1 aromatic rings. The number of nitrogens with two attached hydrogens (primary N) is 1. The predicted molar refractivity (Wildman–Crippen MR) is 76.7 cm³/mol. The van der Waals surface area contributed by atoms with Gasteiger partial charge >= 0.3 is 0 Å². The topological polar surface area (TPSA) is 58.4 Å². The van der Waals surface area contributed by atoms with Crippen molar-refractivity contribution in [1.29, 1.82) is 0 Å². The zero-order valence-corrected chi connectivity index (χ0v) is 11.7. The van der Waals surface area contributed by atoms with Crippen molar-refractivity contribution >= 4 is 5.91 Å². The van der Waals surface area contributed by atoms with E-state index in [0.717, 1.165) is 19.5 Å². The van der Waals surface area contributed by atoms with Crippen molar-refractivity contribution in [2.24, 2.45) is 5.73 Å². The Morgan fingerprint density at radius 3 is 2.68 bits per heavy atom. The Labute approximate surface area is 115 Å². The van der Waals surface area contributed by atoms with Crippen molar-refractivity contribution in [1.82, 2.24) is 10.2 Å². The summed E-state index contributed by atoms with van der Waals surface area (Å²) in [6, 6.07) is 8.46. The highest BCUT2D eigenvalue weighted by Crippen LogP contribution is 2.13. The Morgan fingerprint density at radius 2 is 2.05 bits per heavy atom. The molecule has 0 spiro atoms. The van der Waals surface area contributed by atoms with E-state index in [1.54, 1.807) is 0 Å². The van der Waals surface area contributed by atoms with Crippen LogP contribution in [0.2, 0.25) is 0 Å². The van der Waals surface area contributed by atoms with Gasteiger partial charge < -0.3 is 11.1 Å². The maximum Gasteiger partial charge on any atom is 0.238 e. The fraction of sp³-hybridized carbons (Fsp3) is 0.533. The molecule has 4 heteroatoms. The molecular weight excluding hydrogens is 238 g/mol. The second kappa shape index (κ2) is 6.17. The average molecular weight is 261 g/mol. The molecule has 2 unspecified atom stereocenters. The third kappa shape index (κ3) is 3.55. The highest BCUT2D eigenvalue weighted by Gasteiger charge is 2.28. The minimum absolute atomic E-state index is 0.0552. The number of carbonyl (C=O) groups is 1. The van der Waals surface area contributed by atoms with Gasteiger partial charge in [-0.1, -0.05) is 29.8 Å². The van der Waals surface area contributed by atoms with Gasteiger partial charge in [0.1, 0.15) is 6.04 Å². The molecule has 1 aliphatic rings. The second-order valence-corrected chi connectivity index (χ2v) is 5.41. The molecule has 0 radical (unpaired) electrons. The van der Waals surface area contributed by atoms with Gasteiger partial charge in [-0.05, 0) is 25.8 Å². The molecule has 1 fully saturated rings. The third-order valence-corrected chi connectivity index (χ3v) is 3.71. The molecular formula is C15H23N3O. The fourth-order valence-electron chi connectivity index (χ4n) is 2.47.